The fourth-order valence-electron chi connectivity index (χ4n) is 4.45. The second-order valence-electron chi connectivity index (χ2n) is 8.83. The van der Waals surface area contributed by atoms with Gasteiger partial charge in [0.05, 0.1) is 18.9 Å². The molecule has 3 aromatic heterocycles. The summed E-state index contributed by atoms with van der Waals surface area (Å²) in [4.78, 5) is 33.4. The Bertz CT molecular complexity index is 1140. The number of nitrogens with one attached hydrogen (secondary N) is 3. The molecule has 10 nitrogen and oxygen atoms in total. The van der Waals surface area contributed by atoms with Gasteiger partial charge in [0.15, 0.2) is 5.13 Å². The molecule has 0 spiro atoms. The molecule has 3 aromatic rings. The average Bonchev–Trinajstić information content (AvgIpc) is 3.28. The summed E-state index contributed by atoms with van der Waals surface area (Å²) in [5.74, 6) is 1.20. The number of rotatable bonds is 8. The molecule has 0 bridgehead atoms. The van der Waals surface area contributed by atoms with Crippen LogP contribution in [0.2, 0.25) is 0 Å². The van der Waals surface area contributed by atoms with E-state index in [1.165, 1.54) is 17.4 Å². The molecule has 1 saturated carbocycles. The van der Waals surface area contributed by atoms with E-state index < -0.39 is 0 Å². The lowest BCUT2D eigenvalue weighted by Gasteiger charge is -2.30. The number of pyridine rings is 1. The molecule has 2 aliphatic rings. The third kappa shape index (κ3) is 6.30. The number of nitrogens with zero attached hydrogens (tertiary/aromatic N) is 5. The van der Waals surface area contributed by atoms with Gasteiger partial charge in [-0.3, -0.25) is 9.69 Å². The predicted octanol–water partition coefficient (Wildman–Crippen LogP) is 3.08. The molecule has 1 aliphatic heterocycles. The Labute approximate surface area is 208 Å². The van der Waals surface area contributed by atoms with E-state index in [4.69, 9.17) is 14.7 Å². The summed E-state index contributed by atoms with van der Waals surface area (Å²) in [5, 5.41) is 10.6. The van der Waals surface area contributed by atoms with Gasteiger partial charge in [0.1, 0.15) is 16.2 Å². The maximum absolute atomic E-state index is 11.6. The lowest BCUT2D eigenvalue weighted by Crippen LogP contribution is -2.39. The first-order chi connectivity index (χ1) is 17.1. The van der Waals surface area contributed by atoms with E-state index in [-0.39, 0.29) is 18.0 Å². The predicted molar refractivity (Wildman–Crippen MR) is 137 cm³/mol. The van der Waals surface area contributed by atoms with Crippen molar-refractivity contribution in [2.45, 2.75) is 44.3 Å². The van der Waals surface area contributed by atoms with Crippen LogP contribution in [0.5, 0.6) is 0 Å². The summed E-state index contributed by atoms with van der Waals surface area (Å²) >= 11 is 1.50. The van der Waals surface area contributed by atoms with E-state index in [1.807, 2.05) is 18.2 Å². The van der Waals surface area contributed by atoms with Crippen LogP contribution in [-0.2, 0) is 16.1 Å². The number of thiazole rings is 1. The summed E-state index contributed by atoms with van der Waals surface area (Å²) in [7, 11) is 0. The van der Waals surface area contributed by atoms with Crippen molar-refractivity contribution in [1.29, 1.82) is 0 Å². The molecule has 0 atom stereocenters. The number of ether oxygens (including phenoxy) is 1. The maximum atomic E-state index is 11.6. The van der Waals surface area contributed by atoms with Crippen LogP contribution in [0.3, 0.4) is 0 Å². The van der Waals surface area contributed by atoms with Gasteiger partial charge in [0.2, 0.25) is 11.9 Å². The summed E-state index contributed by atoms with van der Waals surface area (Å²) in [6.45, 7) is 7.53. The molecule has 0 unspecified atom stereocenters. The van der Waals surface area contributed by atoms with Crippen molar-refractivity contribution < 1.29 is 9.53 Å². The molecule has 11 heteroatoms. The van der Waals surface area contributed by atoms with E-state index in [0.717, 1.165) is 79.7 Å². The number of hydrogen-bond donors (Lipinski definition) is 3. The van der Waals surface area contributed by atoms with Crippen LogP contribution in [0, 0.1) is 0 Å². The second-order valence-corrected chi connectivity index (χ2v) is 9.81. The Morgan fingerprint density at radius 1 is 1.17 bits per heavy atom. The molecule has 5 rings (SSSR count). The first-order valence-electron chi connectivity index (χ1n) is 12.0. The molecule has 35 heavy (non-hydrogen) atoms. The third-order valence-corrected chi connectivity index (χ3v) is 7.16. The van der Waals surface area contributed by atoms with E-state index in [0.29, 0.717) is 11.8 Å². The van der Waals surface area contributed by atoms with Crippen molar-refractivity contribution in [3.63, 3.8) is 0 Å². The Hall–Kier alpha value is -3.15. The van der Waals surface area contributed by atoms with Gasteiger partial charge in [0.25, 0.3) is 0 Å². The van der Waals surface area contributed by atoms with Crippen LogP contribution in [-0.4, -0.2) is 69.1 Å². The molecule has 184 valence electrons. The molecule has 4 heterocycles. The number of carbonyl (C=O) groups excluding carboxylic acids is 1. The minimum atomic E-state index is -0.110. The third-order valence-electron chi connectivity index (χ3n) is 6.26. The summed E-state index contributed by atoms with van der Waals surface area (Å²) < 4.78 is 5.49. The molecule has 3 N–H and O–H groups in total. The zero-order chi connectivity index (χ0) is 24.0. The van der Waals surface area contributed by atoms with Crippen molar-refractivity contribution in [2.24, 2.45) is 0 Å². The van der Waals surface area contributed by atoms with E-state index in [1.54, 1.807) is 6.20 Å². The van der Waals surface area contributed by atoms with Crippen molar-refractivity contribution in [1.82, 2.24) is 30.2 Å². The van der Waals surface area contributed by atoms with Crippen LogP contribution in [0.1, 0.15) is 31.4 Å². The lowest BCUT2D eigenvalue weighted by molar-refractivity contribution is -0.117. The minimum Gasteiger partial charge on any atom is -0.379 e. The van der Waals surface area contributed by atoms with E-state index in [2.05, 4.69) is 37.4 Å². The zero-order valence-electron chi connectivity index (χ0n) is 19.6. The number of amides is 1. The molecule has 1 saturated heterocycles. The highest BCUT2D eigenvalue weighted by Gasteiger charge is 2.23. The normalized spacial score (nSPS) is 20.9. The SMILES string of the molecule is C=CC(=O)NC1CCC(Nc2nc(CN3CCOCC3)cc(Nc3nc4cccnc4s3)n2)CC1. The fourth-order valence-corrected chi connectivity index (χ4v) is 5.27. The second kappa shape index (κ2) is 11.1. The molecule has 2 fully saturated rings. The Kier molecular flexibility index (Phi) is 7.45. The standard InChI is InChI=1S/C24H30N8O2S/c1-2-21(33)26-16-5-7-17(8-6-16)27-23-28-18(15-32-10-12-34-13-11-32)14-20(30-23)31-24-29-19-4-3-9-25-22(19)35-24/h2-4,9,14,16-17H,1,5-8,10-13,15H2,(H,26,33)(H2,27,28,29,30,31). The Morgan fingerprint density at radius 3 is 2.74 bits per heavy atom. The van der Waals surface area contributed by atoms with E-state index in [9.17, 15) is 4.79 Å². The van der Waals surface area contributed by atoms with Crippen LogP contribution in [0.4, 0.5) is 16.9 Å². The van der Waals surface area contributed by atoms with Gasteiger partial charge < -0.3 is 20.7 Å². The van der Waals surface area contributed by atoms with Crippen LogP contribution in [0.15, 0.2) is 37.1 Å². The topological polar surface area (TPSA) is 117 Å². The van der Waals surface area contributed by atoms with Crippen molar-refractivity contribution in [3.8, 4) is 0 Å². The summed E-state index contributed by atoms with van der Waals surface area (Å²) in [6, 6.07) is 6.27. The summed E-state index contributed by atoms with van der Waals surface area (Å²) in [5.41, 5.74) is 1.80. The lowest BCUT2D eigenvalue weighted by atomic mass is 9.91. The largest absolute Gasteiger partial charge is 0.379 e. The molecular formula is C24H30N8O2S. The average molecular weight is 495 g/mol. The molecule has 1 aliphatic carbocycles. The van der Waals surface area contributed by atoms with Gasteiger partial charge in [-0.15, -0.1) is 0 Å². The van der Waals surface area contributed by atoms with Gasteiger partial charge in [-0.25, -0.2) is 15.0 Å². The Balaban J connectivity index is 1.30. The van der Waals surface area contributed by atoms with Gasteiger partial charge in [-0.05, 0) is 43.9 Å². The van der Waals surface area contributed by atoms with Crippen molar-refractivity contribution in [2.75, 3.05) is 36.9 Å². The minimum absolute atomic E-state index is 0.110. The molecule has 0 radical (unpaired) electrons. The van der Waals surface area contributed by atoms with Crippen LogP contribution < -0.4 is 16.0 Å². The van der Waals surface area contributed by atoms with Gasteiger partial charge in [-0.1, -0.05) is 17.9 Å². The fraction of sp³-hybridized carbons (Fsp3) is 0.458. The monoisotopic (exact) mass is 494 g/mol. The quantitative estimate of drug-likeness (QED) is 0.406. The number of anilines is 3. The first-order valence-corrected chi connectivity index (χ1v) is 12.8. The number of hydrogen-bond acceptors (Lipinski definition) is 10. The highest BCUT2D eigenvalue weighted by Crippen LogP contribution is 2.27. The molecule has 1 amide bonds. The first kappa shape index (κ1) is 23.6. The van der Waals surface area contributed by atoms with Crippen molar-refractivity contribution >= 4 is 44.5 Å². The van der Waals surface area contributed by atoms with Gasteiger partial charge >= 0.3 is 0 Å². The molecular weight excluding hydrogens is 464 g/mol. The van der Waals surface area contributed by atoms with Crippen LogP contribution >= 0.6 is 11.3 Å². The van der Waals surface area contributed by atoms with Crippen molar-refractivity contribution in [3.05, 3.63) is 42.7 Å². The van der Waals surface area contributed by atoms with Gasteiger partial charge in [-0.2, -0.15) is 4.98 Å². The van der Waals surface area contributed by atoms with Crippen LogP contribution in [0.25, 0.3) is 10.3 Å². The molecule has 0 aromatic carbocycles. The number of fused-ring (bicyclic) bond motifs is 1. The highest BCUT2D eigenvalue weighted by atomic mass is 32.1. The highest BCUT2D eigenvalue weighted by molar-refractivity contribution is 7.21. The smallest absolute Gasteiger partial charge is 0.243 e. The van der Waals surface area contributed by atoms with Gasteiger partial charge in [0, 0.05) is 44.0 Å². The maximum Gasteiger partial charge on any atom is 0.243 e. The Morgan fingerprint density at radius 2 is 1.97 bits per heavy atom. The number of aromatic nitrogens is 4. The van der Waals surface area contributed by atoms with E-state index >= 15 is 0 Å². The number of carbonyl (C=O) groups is 1. The summed E-state index contributed by atoms with van der Waals surface area (Å²) in [6.07, 6.45) is 6.79. The number of morpholine rings is 1. The zero-order valence-corrected chi connectivity index (χ0v) is 20.4.